The molecule has 3 rings (SSSR count). The Morgan fingerprint density at radius 1 is 0.920 bits per heavy atom. The van der Waals surface area contributed by atoms with Crippen LogP contribution in [0, 0.1) is 0 Å². The number of hydrogen-bond acceptors (Lipinski definition) is 4. The zero-order valence-corrected chi connectivity index (χ0v) is 14.6. The zero-order valence-electron chi connectivity index (χ0n) is 14.6. The van der Waals surface area contributed by atoms with E-state index in [0.717, 1.165) is 11.1 Å². The highest BCUT2D eigenvalue weighted by Crippen LogP contribution is 2.30. The van der Waals surface area contributed by atoms with Crippen LogP contribution >= 0.6 is 0 Å². The number of ether oxygens (including phenoxy) is 3. The van der Waals surface area contributed by atoms with Crippen molar-refractivity contribution in [3.05, 3.63) is 83.6 Å². The minimum Gasteiger partial charge on any atom is -0.465 e. The third-order valence-corrected chi connectivity index (χ3v) is 4.15. The first kappa shape index (κ1) is 17.7. The first-order chi connectivity index (χ1) is 12.0. The molecule has 25 heavy (non-hydrogen) atoms. The molecule has 0 bridgehead atoms. The van der Waals surface area contributed by atoms with E-state index in [9.17, 15) is 5.11 Å². The maximum Gasteiger partial charge on any atom is 0.234 e. The quantitative estimate of drug-likeness (QED) is 0.869. The van der Waals surface area contributed by atoms with E-state index in [-0.39, 0.29) is 0 Å². The molecule has 4 nitrogen and oxygen atoms in total. The van der Waals surface area contributed by atoms with Crippen LogP contribution in [0.2, 0.25) is 0 Å². The lowest BCUT2D eigenvalue weighted by molar-refractivity contribution is -0.272. The van der Waals surface area contributed by atoms with Gasteiger partial charge in [-0.25, -0.2) is 0 Å². The minimum absolute atomic E-state index is 0.378. The van der Waals surface area contributed by atoms with Crippen LogP contribution in [0.3, 0.4) is 0 Å². The van der Waals surface area contributed by atoms with Crippen molar-refractivity contribution in [1.29, 1.82) is 0 Å². The highest BCUT2D eigenvalue weighted by atomic mass is 16.7. The maximum atomic E-state index is 10.7. The van der Waals surface area contributed by atoms with Gasteiger partial charge in [-0.2, -0.15) is 0 Å². The smallest absolute Gasteiger partial charge is 0.234 e. The Morgan fingerprint density at radius 3 is 2.00 bits per heavy atom. The van der Waals surface area contributed by atoms with E-state index in [1.165, 1.54) is 0 Å². The summed E-state index contributed by atoms with van der Waals surface area (Å²) in [5.41, 5.74) is 2.10. The molecule has 3 atom stereocenters. The third-order valence-electron chi connectivity index (χ3n) is 4.15. The minimum atomic E-state index is -1.45. The van der Waals surface area contributed by atoms with Crippen molar-refractivity contribution in [3.8, 4) is 0 Å². The molecule has 1 heterocycles. The van der Waals surface area contributed by atoms with Gasteiger partial charge in [0.05, 0.1) is 19.0 Å². The van der Waals surface area contributed by atoms with Crippen molar-refractivity contribution in [2.45, 2.75) is 45.1 Å². The Bertz CT molecular complexity index is 694. The summed E-state index contributed by atoms with van der Waals surface area (Å²) in [4.78, 5) is 0. The molecular formula is C21H24O4. The lowest BCUT2D eigenvalue weighted by atomic mass is 10.0. The van der Waals surface area contributed by atoms with Crippen LogP contribution < -0.4 is 0 Å². The van der Waals surface area contributed by atoms with Gasteiger partial charge in [-0.05, 0) is 24.1 Å². The van der Waals surface area contributed by atoms with Gasteiger partial charge in [-0.3, -0.25) is 0 Å². The number of benzene rings is 2. The molecule has 1 aliphatic rings. The predicted octanol–water partition coefficient (Wildman–Crippen LogP) is 3.80. The molecular weight excluding hydrogens is 316 g/mol. The molecule has 0 radical (unpaired) electrons. The van der Waals surface area contributed by atoms with Crippen LogP contribution in [0.15, 0.2) is 72.5 Å². The first-order valence-electron chi connectivity index (χ1n) is 8.45. The van der Waals surface area contributed by atoms with E-state index < -0.39 is 18.0 Å². The van der Waals surface area contributed by atoms with E-state index in [1.54, 1.807) is 13.8 Å². The largest absolute Gasteiger partial charge is 0.465 e. The second-order valence-corrected chi connectivity index (χ2v) is 6.41. The average Bonchev–Trinajstić information content (AvgIpc) is 2.60. The standard InChI is InChI=1S/C21H24O4/c1-16-13-19(23-14-17-9-5-3-6-10-17)20(21(2,22)25-16)24-15-18-11-7-4-8-12-18/h3-13,19-20,22H,14-15H2,1-2H3/t19-,20+,21+/m1/s1. The average molecular weight is 340 g/mol. The summed E-state index contributed by atoms with van der Waals surface area (Å²) >= 11 is 0. The summed E-state index contributed by atoms with van der Waals surface area (Å²) in [6.45, 7) is 4.23. The van der Waals surface area contributed by atoms with Crippen molar-refractivity contribution in [2.75, 3.05) is 0 Å². The van der Waals surface area contributed by atoms with Gasteiger partial charge in [0.25, 0.3) is 0 Å². The number of hydrogen-bond donors (Lipinski definition) is 1. The molecule has 0 saturated carbocycles. The second-order valence-electron chi connectivity index (χ2n) is 6.41. The lowest BCUT2D eigenvalue weighted by Gasteiger charge is -2.40. The number of allylic oxidation sites excluding steroid dienone is 1. The van der Waals surface area contributed by atoms with Gasteiger partial charge in [0, 0.05) is 6.92 Å². The van der Waals surface area contributed by atoms with Crippen molar-refractivity contribution < 1.29 is 19.3 Å². The molecule has 0 saturated heterocycles. The monoisotopic (exact) mass is 340 g/mol. The fourth-order valence-corrected chi connectivity index (χ4v) is 2.95. The molecule has 0 amide bonds. The SMILES string of the molecule is CC1=C[C@@H](OCc2ccccc2)[C@H](OCc2ccccc2)[C@@](C)(O)O1. The Morgan fingerprint density at radius 2 is 1.44 bits per heavy atom. The zero-order chi connectivity index (χ0) is 17.7. The van der Waals surface area contributed by atoms with Crippen LogP contribution in [-0.4, -0.2) is 23.1 Å². The molecule has 132 valence electrons. The summed E-state index contributed by atoms with van der Waals surface area (Å²) in [7, 11) is 0. The van der Waals surface area contributed by atoms with Crippen molar-refractivity contribution in [2.24, 2.45) is 0 Å². The molecule has 1 N–H and O–H groups in total. The molecule has 4 heteroatoms. The van der Waals surface area contributed by atoms with Crippen LogP contribution in [-0.2, 0) is 27.4 Å². The molecule has 2 aromatic rings. The van der Waals surface area contributed by atoms with E-state index in [0.29, 0.717) is 19.0 Å². The van der Waals surface area contributed by atoms with Gasteiger partial charge >= 0.3 is 0 Å². The van der Waals surface area contributed by atoms with E-state index in [4.69, 9.17) is 14.2 Å². The van der Waals surface area contributed by atoms with Crippen molar-refractivity contribution in [3.63, 3.8) is 0 Å². The maximum absolute atomic E-state index is 10.7. The van der Waals surface area contributed by atoms with Crippen LogP contribution in [0.5, 0.6) is 0 Å². The van der Waals surface area contributed by atoms with E-state index in [2.05, 4.69) is 0 Å². The number of aliphatic hydroxyl groups is 1. The molecule has 0 fully saturated rings. The van der Waals surface area contributed by atoms with Crippen molar-refractivity contribution >= 4 is 0 Å². The molecule has 0 aromatic heterocycles. The van der Waals surface area contributed by atoms with Crippen molar-refractivity contribution in [1.82, 2.24) is 0 Å². The van der Waals surface area contributed by atoms with E-state index in [1.807, 2.05) is 66.7 Å². The fraction of sp³-hybridized carbons (Fsp3) is 0.333. The molecule has 1 aliphatic heterocycles. The molecule has 2 aromatic carbocycles. The number of rotatable bonds is 6. The van der Waals surface area contributed by atoms with Gasteiger partial charge in [-0.15, -0.1) is 0 Å². The first-order valence-corrected chi connectivity index (χ1v) is 8.45. The van der Waals surface area contributed by atoms with Gasteiger partial charge in [0.1, 0.15) is 6.10 Å². The lowest BCUT2D eigenvalue weighted by Crippen LogP contribution is -2.53. The van der Waals surface area contributed by atoms with Crippen LogP contribution in [0.25, 0.3) is 0 Å². The van der Waals surface area contributed by atoms with Gasteiger partial charge in [0.2, 0.25) is 5.79 Å². The molecule has 0 unspecified atom stereocenters. The van der Waals surface area contributed by atoms with Crippen LogP contribution in [0.1, 0.15) is 25.0 Å². The highest BCUT2D eigenvalue weighted by molar-refractivity contribution is 5.15. The fourth-order valence-electron chi connectivity index (χ4n) is 2.95. The Labute approximate surface area is 148 Å². The van der Waals surface area contributed by atoms with Crippen LogP contribution in [0.4, 0.5) is 0 Å². The molecule has 0 aliphatic carbocycles. The second kappa shape index (κ2) is 7.83. The van der Waals surface area contributed by atoms with E-state index >= 15 is 0 Å². The third kappa shape index (κ3) is 4.69. The Kier molecular flexibility index (Phi) is 5.53. The summed E-state index contributed by atoms with van der Waals surface area (Å²) in [6.07, 6.45) is 0.837. The van der Waals surface area contributed by atoms with Gasteiger partial charge in [0.15, 0.2) is 6.10 Å². The summed E-state index contributed by atoms with van der Waals surface area (Å²) < 4.78 is 17.6. The summed E-state index contributed by atoms with van der Waals surface area (Å²) in [5, 5.41) is 10.7. The Balaban J connectivity index is 1.71. The topological polar surface area (TPSA) is 47.9 Å². The molecule has 0 spiro atoms. The normalized spacial score (nSPS) is 26.0. The predicted molar refractivity (Wildman–Crippen MR) is 95.5 cm³/mol. The highest BCUT2D eigenvalue weighted by Gasteiger charge is 2.44. The van der Waals surface area contributed by atoms with Gasteiger partial charge < -0.3 is 19.3 Å². The summed E-state index contributed by atoms with van der Waals surface area (Å²) in [6, 6.07) is 19.8. The van der Waals surface area contributed by atoms with Gasteiger partial charge in [-0.1, -0.05) is 60.7 Å². The Hall–Kier alpha value is -2.14. The summed E-state index contributed by atoms with van der Waals surface area (Å²) in [5.74, 6) is -0.822.